The number of thiocarbonyl (C=S) groups is 1. The van der Waals surface area contributed by atoms with E-state index in [1.165, 1.54) is 0 Å². The molecule has 2 aromatic rings. The van der Waals surface area contributed by atoms with Gasteiger partial charge in [0.05, 0.1) is 10.6 Å². The lowest BCUT2D eigenvalue weighted by Gasteiger charge is -2.36. The number of hydrogen-bond acceptors (Lipinski definition) is 4. The van der Waals surface area contributed by atoms with Crippen molar-refractivity contribution >= 4 is 52.1 Å². The van der Waals surface area contributed by atoms with Gasteiger partial charge in [0.2, 0.25) is 5.91 Å². The summed E-state index contributed by atoms with van der Waals surface area (Å²) in [5, 5.41) is 6.24. The van der Waals surface area contributed by atoms with E-state index in [0.29, 0.717) is 22.9 Å². The van der Waals surface area contributed by atoms with Crippen LogP contribution < -0.4 is 15.5 Å². The zero-order valence-corrected chi connectivity index (χ0v) is 19.3. The molecule has 0 spiro atoms. The van der Waals surface area contributed by atoms with E-state index >= 15 is 0 Å². The first-order valence-corrected chi connectivity index (χ1v) is 11.1. The maximum Gasteiger partial charge on any atom is 0.258 e. The van der Waals surface area contributed by atoms with Gasteiger partial charge < -0.3 is 15.1 Å². The van der Waals surface area contributed by atoms with E-state index in [1.54, 1.807) is 24.3 Å². The lowest BCUT2D eigenvalue weighted by Crippen LogP contribution is -2.49. The van der Waals surface area contributed by atoms with Crippen LogP contribution in [-0.4, -0.2) is 48.0 Å². The Balaban J connectivity index is 1.50. The van der Waals surface area contributed by atoms with Crippen LogP contribution in [-0.2, 0) is 4.79 Å². The molecule has 1 heterocycles. The van der Waals surface area contributed by atoms with Crippen LogP contribution in [0.25, 0.3) is 0 Å². The Hall–Kier alpha value is -2.64. The van der Waals surface area contributed by atoms with Gasteiger partial charge in [-0.2, -0.15) is 0 Å². The summed E-state index contributed by atoms with van der Waals surface area (Å²) < 4.78 is 0. The molecule has 0 atom stereocenters. The highest BCUT2D eigenvalue weighted by atomic mass is 35.5. The number of amides is 2. The second-order valence-electron chi connectivity index (χ2n) is 7.90. The molecule has 0 unspecified atom stereocenters. The summed E-state index contributed by atoms with van der Waals surface area (Å²) in [6.07, 6.45) is 0.604. The molecule has 0 saturated carbocycles. The van der Waals surface area contributed by atoms with Crippen LogP contribution >= 0.6 is 23.8 Å². The maximum atomic E-state index is 12.3. The number of nitrogens with one attached hydrogen (secondary N) is 2. The quantitative estimate of drug-likeness (QED) is 0.658. The Morgan fingerprint density at radius 1 is 1.03 bits per heavy atom. The minimum Gasteiger partial charge on any atom is -0.368 e. The number of nitrogens with zero attached hydrogens (tertiary/aromatic N) is 2. The Kier molecular flexibility index (Phi) is 7.87. The molecule has 0 bridgehead atoms. The fraction of sp³-hybridized carbons (Fsp3) is 0.348. The number of hydrogen-bond donors (Lipinski definition) is 2. The van der Waals surface area contributed by atoms with Gasteiger partial charge in [-0.3, -0.25) is 14.9 Å². The van der Waals surface area contributed by atoms with E-state index in [-0.39, 0.29) is 16.9 Å². The van der Waals surface area contributed by atoms with Crippen molar-refractivity contribution in [3.8, 4) is 0 Å². The Morgan fingerprint density at radius 2 is 1.68 bits per heavy atom. The molecule has 0 aromatic heterocycles. The molecule has 2 amide bonds. The number of anilines is 2. The van der Waals surface area contributed by atoms with Crippen molar-refractivity contribution in [2.75, 3.05) is 36.4 Å². The van der Waals surface area contributed by atoms with Crippen molar-refractivity contribution in [2.24, 2.45) is 5.92 Å². The number of carbonyl (C=O) groups is 2. The Morgan fingerprint density at radius 3 is 2.29 bits per heavy atom. The maximum absolute atomic E-state index is 12.3. The third-order valence-electron chi connectivity index (χ3n) is 5.05. The van der Waals surface area contributed by atoms with E-state index in [9.17, 15) is 9.59 Å². The molecule has 1 aliphatic rings. The first-order valence-electron chi connectivity index (χ1n) is 10.3. The molecule has 0 aliphatic carbocycles. The smallest absolute Gasteiger partial charge is 0.258 e. The molecule has 3 rings (SSSR count). The lowest BCUT2D eigenvalue weighted by molar-refractivity contribution is -0.132. The van der Waals surface area contributed by atoms with E-state index in [2.05, 4.69) is 29.4 Å². The minimum absolute atomic E-state index is 0.204. The molecule has 1 saturated heterocycles. The van der Waals surface area contributed by atoms with Crippen molar-refractivity contribution in [3.05, 3.63) is 59.1 Å². The summed E-state index contributed by atoms with van der Waals surface area (Å²) in [5.41, 5.74) is 2.24. The number of halogens is 1. The zero-order chi connectivity index (χ0) is 22.4. The first-order chi connectivity index (χ1) is 14.8. The van der Waals surface area contributed by atoms with Crippen molar-refractivity contribution in [3.63, 3.8) is 0 Å². The molecule has 1 aliphatic heterocycles. The standard InChI is InChI=1S/C23H27ClN4O2S/c1-16(2)15-21(29)28-13-11-27(12-14-28)18-9-7-17(8-10-18)25-23(31)26-22(30)19-5-3-4-6-20(19)24/h3-10,16H,11-15H2,1-2H3,(H2,25,26,30,31). The summed E-state index contributed by atoms with van der Waals surface area (Å²) in [7, 11) is 0. The van der Waals surface area contributed by atoms with Crippen molar-refractivity contribution in [2.45, 2.75) is 20.3 Å². The molecular formula is C23H27ClN4O2S. The monoisotopic (exact) mass is 458 g/mol. The highest BCUT2D eigenvalue weighted by molar-refractivity contribution is 7.80. The van der Waals surface area contributed by atoms with E-state index in [4.69, 9.17) is 23.8 Å². The molecule has 2 aromatic carbocycles. The zero-order valence-electron chi connectivity index (χ0n) is 17.7. The molecular weight excluding hydrogens is 432 g/mol. The molecule has 2 N–H and O–H groups in total. The normalized spacial score (nSPS) is 13.8. The fourth-order valence-electron chi connectivity index (χ4n) is 3.43. The average Bonchev–Trinajstić information content (AvgIpc) is 2.74. The highest BCUT2D eigenvalue weighted by Gasteiger charge is 2.21. The van der Waals surface area contributed by atoms with Gasteiger partial charge in [0.15, 0.2) is 5.11 Å². The number of benzene rings is 2. The van der Waals surface area contributed by atoms with Crippen molar-refractivity contribution in [1.82, 2.24) is 10.2 Å². The predicted octanol–water partition coefficient (Wildman–Crippen LogP) is 4.16. The first kappa shape index (κ1) is 23.0. The molecule has 8 heteroatoms. The minimum atomic E-state index is -0.357. The van der Waals surface area contributed by atoms with E-state index in [1.807, 2.05) is 29.2 Å². The van der Waals surface area contributed by atoms with E-state index < -0.39 is 0 Å². The predicted molar refractivity (Wildman–Crippen MR) is 130 cm³/mol. The van der Waals surface area contributed by atoms with Crippen LogP contribution in [0.2, 0.25) is 5.02 Å². The van der Waals surface area contributed by atoms with Crippen LogP contribution in [0.4, 0.5) is 11.4 Å². The van der Waals surface area contributed by atoms with Gasteiger partial charge in [-0.1, -0.05) is 37.6 Å². The third kappa shape index (κ3) is 6.42. The second-order valence-corrected chi connectivity index (χ2v) is 8.72. The number of carbonyl (C=O) groups excluding carboxylic acids is 2. The van der Waals surface area contributed by atoms with Crippen LogP contribution in [0.3, 0.4) is 0 Å². The molecule has 1 fully saturated rings. The molecule has 164 valence electrons. The average molecular weight is 459 g/mol. The summed E-state index contributed by atoms with van der Waals surface area (Å²) in [4.78, 5) is 28.8. The largest absolute Gasteiger partial charge is 0.368 e. The van der Waals surface area contributed by atoms with Gasteiger partial charge in [-0.15, -0.1) is 0 Å². The van der Waals surface area contributed by atoms with Crippen LogP contribution in [0.5, 0.6) is 0 Å². The summed E-state index contributed by atoms with van der Waals surface area (Å²) in [6, 6.07) is 14.7. The van der Waals surface area contributed by atoms with Crippen LogP contribution in [0.1, 0.15) is 30.6 Å². The molecule has 0 radical (unpaired) electrons. The Labute approximate surface area is 193 Å². The number of piperazine rings is 1. The molecule has 6 nitrogen and oxygen atoms in total. The summed E-state index contributed by atoms with van der Waals surface area (Å²) >= 11 is 11.3. The van der Waals surface area contributed by atoms with Crippen molar-refractivity contribution < 1.29 is 9.59 Å². The number of rotatable bonds is 5. The topological polar surface area (TPSA) is 64.7 Å². The Bertz CT molecular complexity index is 941. The van der Waals surface area contributed by atoms with Gasteiger partial charge >= 0.3 is 0 Å². The van der Waals surface area contributed by atoms with Gasteiger partial charge in [0, 0.05) is 44.0 Å². The second kappa shape index (κ2) is 10.6. The fourth-order valence-corrected chi connectivity index (χ4v) is 3.86. The van der Waals surface area contributed by atoms with E-state index in [0.717, 1.165) is 37.6 Å². The summed E-state index contributed by atoms with van der Waals surface area (Å²) in [5.74, 6) is 0.261. The van der Waals surface area contributed by atoms with Crippen molar-refractivity contribution in [1.29, 1.82) is 0 Å². The van der Waals surface area contributed by atoms with Gasteiger partial charge in [0.1, 0.15) is 0 Å². The van der Waals surface area contributed by atoms with Gasteiger partial charge in [-0.05, 0) is 54.5 Å². The third-order valence-corrected chi connectivity index (χ3v) is 5.58. The van der Waals surface area contributed by atoms with Crippen LogP contribution in [0, 0.1) is 5.92 Å². The SMILES string of the molecule is CC(C)CC(=O)N1CCN(c2ccc(NC(=S)NC(=O)c3ccccc3Cl)cc2)CC1. The van der Waals surface area contributed by atoms with Gasteiger partial charge in [0.25, 0.3) is 5.91 Å². The molecule has 31 heavy (non-hydrogen) atoms. The van der Waals surface area contributed by atoms with Gasteiger partial charge in [-0.25, -0.2) is 0 Å². The lowest BCUT2D eigenvalue weighted by atomic mass is 10.1. The summed E-state index contributed by atoms with van der Waals surface area (Å²) in [6.45, 7) is 7.23. The highest BCUT2D eigenvalue weighted by Crippen LogP contribution is 2.20. The van der Waals surface area contributed by atoms with Crippen LogP contribution in [0.15, 0.2) is 48.5 Å².